The summed E-state index contributed by atoms with van der Waals surface area (Å²) >= 11 is 0. The molecule has 2 aromatic heterocycles. The Morgan fingerprint density at radius 2 is 0.750 bits per heavy atom. The number of benzene rings is 2. The van der Waals surface area contributed by atoms with Gasteiger partial charge in [0, 0.05) is 24.3 Å². The van der Waals surface area contributed by atoms with Crippen molar-refractivity contribution in [3.63, 3.8) is 0 Å². The predicted molar refractivity (Wildman–Crippen MR) is 113 cm³/mol. The number of rotatable bonds is 6. The number of aromatic nitrogens is 2. The van der Waals surface area contributed by atoms with Crippen molar-refractivity contribution in [2.24, 2.45) is 0 Å². The Morgan fingerprint density at radius 1 is 0.429 bits per heavy atom. The second kappa shape index (κ2) is 8.92. The van der Waals surface area contributed by atoms with Gasteiger partial charge in [-0.25, -0.2) is 9.13 Å². The summed E-state index contributed by atoms with van der Waals surface area (Å²) in [5.41, 5.74) is 4.99. The maximum Gasteiger partial charge on any atom is 0.169 e. The number of hydrogen-bond acceptors (Lipinski definition) is 0. The summed E-state index contributed by atoms with van der Waals surface area (Å²) in [6, 6.07) is 29.6. The van der Waals surface area contributed by atoms with E-state index in [1.54, 1.807) is 0 Å². The lowest BCUT2D eigenvalue weighted by Gasteiger charge is -2.00. The Balaban J connectivity index is 1.32. The van der Waals surface area contributed by atoms with Crippen molar-refractivity contribution in [2.75, 3.05) is 0 Å². The summed E-state index contributed by atoms with van der Waals surface area (Å²) in [4.78, 5) is 0. The summed E-state index contributed by atoms with van der Waals surface area (Å²) in [6.45, 7) is 1.75. The largest absolute Gasteiger partial charge is 0.201 e. The van der Waals surface area contributed by atoms with E-state index in [1.807, 2.05) is 12.1 Å². The van der Waals surface area contributed by atoms with Crippen molar-refractivity contribution in [2.45, 2.75) is 13.1 Å². The van der Waals surface area contributed by atoms with Gasteiger partial charge in [-0.1, -0.05) is 60.7 Å². The molecule has 28 heavy (non-hydrogen) atoms. The smallest absolute Gasteiger partial charge is 0.169 e. The van der Waals surface area contributed by atoms with Gasteiger partial charge in [0.2, 0.25) is 0 Å². The van der Waals surface area contributed by atoms with E-state index in [4.69, 9.17) is 0 Å². The SMILES string of the molecule is C(=C\C[n+]1ccc(-c2ccccc2)cc1)/C[n+]1ccc(-c2ccccc2)cc1. The molecule has 0 N–H and O–H groups in total. The Morgan fingerprint density at radius 3 is 1.11 bits per heavy atom. The van der Waals surface area contributed by atoms with Gasteiger partial charge >= 0.3 is 0 Å². The summed E-state index contributed by atoms with van der Waals surface area (Å²) in [5.74, 6) is 0. The lowest BCUT2D eigenvalue weighted by atomic mass is 10.1. The zero-order valence-corrected chi connectivity index (χ0v) is 15.9. The molecule has 0 saturated heterocycles. The normalized spacial score (nSPS) is 11.0. The molecule has 0 unspecified atom stereocenters. The monoisotopic (exact) mass is 364 g/mol. The van der Waals surface area contributed by atoms with Crippen LogP contribution in [0.15, 0.2) is 122 Å². The molecule has 0 radical (unpaired) electrons. The van der Waals surface area contributed by atoms with Crippen LogP contribution in [0.1, 0.15) is 0 Å². The number of allylic oxidation sites excluding steroid dienone is 2. The highest BCUT2D eigenvalue weighted by atomic mass is 14.9. The topological polar surface area (TPSA) is 7.76 Å². The van der Waals surface area contributed by atoms with Crippen LogP contribution in [-0.2, 0) is 13.1 Å². The van der Waals surface area contributed by atoms with Crippen LogP contribution in [-0.4, -0.2) is 0 Å². The minimum atomic E-state index is 0.873. The third-order valence-electron chi connectivity index (χ3n) is 4.80. The molecule has 2 heteroatoms. The van der Waals surface area contributed by atoms with Crippen LogP contribution in [0.25, 0.3) is 22.3 Å². The van der Waals surface area contributed by atoms with E-state index < -0.39 is 0 Å². The molecular weight excluding hydrogens is 340 g/mol. The fourth-order valence-corrected chi connectivity index (χ4v) is 3.20. The molecule has 0 saturated carbocycles. The summed E-state index contributed by atoms with van der Waals surface area (Å²) in [7, 11) is 0. The van der Waals surface area contributed by atoms with Gasteiger partial charge in [0.05, 0.1) is 0 Å². The Labute approximate surface area is 166 Å². The van der Waals surface area contributed by atoms with Gasteiger partial charge in [-0.3, -0.25) is 0 Å². The third-order valence-corrected chi connectivity index (χ3v) is 4.80. The quantitative estimate of drug-likeness (QED) is 0.341. The molecule has 2 aromatic carbocycles. The lowest BCUT2D eigenvalue weighted by molar-refractivity contribution is -0.691. The third kappa shape index (κ3) is 4.60. The van der Waals surface area contributed by atoms with Crippen LogP contribution in [0.4, 0.5) is 0 Å². The molecule has 0 amide bonds. The Hall–Kier alpha value is -3.52. The van der Waals surface area contributed by atoms with Gasteiger partial charge in [-0.2, -0.15) is 0 Å². The van der Waals surface area contributed by atoms with Gasteiger partial charge in [-0.05, 0) is 34.4 Å². The molecule has 2 nitrogen and oxygen atoms in total. The fourth-order valence-electron chi connectivity index (χ4n) is 3.20. The van der Waals surface area contributed by atoms with Gasteiger partial charge in [-0.15, -0.1) is 0 Å². The molecule has 4 rings (SSSR count). The van der Waals surface area contributed by atoms with E-state index in [9.17, 15) is 0 Å². The molecule has 0 spiro atoms. The summed E-state index contributed by atoms with van der Waals surface area (Å²) < 4.78 is 4.37. The van der Waals surface area contributed by atoms with Crippen molar-refractivity contribution in [3.05, 3.63) is 122 Å². The van der Waals surface area contributed by atoms with E-state index in [1.165, 1.54) is 22.3 Å². The summed E-state index contributed by atoms with van der Waals surface area (Å²) in [5, 5.41) is 0. The highest BCUT2D eigenvalue weighted by molar-refractivity contribution is 5.62. The molecule has 0 aliphatic heterocycles. The standard InChI is InChI=1S/C26H24N2/c1-3-9-23(10-4-1)25-13-19-27(20-14-25)17-7-8-18-28-21-15-26(16-22-28)24-11-5-2-6-12-24/h1-16,19-22H,17-18H2/q+2/b8-7+. The van der Waals surface area contributed by atoms with E-state index >= 15 is 0 Å². The predicted octanol–water partition coefficient (Wildman–Crippen LogP) is 4.85. The first-order chi connectivity index (χ1) is 13.9. The fraction of sp³-hybridized carbons (Fsp3) is 0.0769. The van der Waals surface area contributed by atoms with Crippen molar-refractivity contribution >= 4 is 0 Å². The molecule has 136 valence electrons. The van der Waals surface area contributed by atoms with Gasteiger partial charge < -0.3 is 0 Å². The zero-order chi connectivity index (χ0) is 19.0. The number of pyridine rings is 2. The second-order valence-corrected chi connectivity index (χ2v) is 6.77. The molecule has 0 aliphatic rings. The van der Waals surface area contributed by atoms with Crippen LogP contribution in [0.2, 0.25) is 0 Å². The van der Waals surface area contributed by atoms with Crippen LogP contribution >= 0.6 is 0 Å². The van der Waals surface area contributed by atoms with Crippen LogP contribution in [0, 0.1) is 0 Å². The zero-order valence-electron chi connectivity index (χ0n) is 15.9. The molecular formula is C26H24N2+2. The first-order valence-corrected chi connectivity index (χ1v) is 9.62. The number of hydrogen-bond donors (Lipinski definition) is 0. The molecule has 0 bridgehead atoms. The van der Waals surface area contributed by atoms with Crippen molar-refractivity contribution in [1.82, 2.24) is 0 Å². The minimum absolute atomic E-state index is 0.873. The van der Waals surface area contributed by atoms with Gasteiger partial charge in [0.25, 0.3) is 0 Å². The van der Waals surface area contributed by atoms with Crippen molar-refractivity contribution < 1.29 is 9.13 Å². The average Bonchev–Trinajstić information content (AvgIpc) is 2.79. The molecule has 0 fully saturated rings. The minimum Gasteiger partial charge on any atom is -0.201 e. The summed E-state index contributed by atoms with van der Waals surface area (Å²) in [6.07, 6.45) is 13.0. The lowest BCUT2D eigenvalue weighted by Crippen LogP contribution is -2.33. The highest BCUT2D eigenvalue weighted by Gasteiger charge is 2.02. The van der Waals surface area contributed by atoms with E-state index in [0.29, 0.717) is 0 Å². The van der Waals surface area contributed by atoms with E-state index in [2.05, 4.69) is 119 Å². The Bertz CT molecular complexity index is 932. The Kier molecular flexibility index (Phi) is 5.69. The highest BCUT2D eigenvalue weighted by Crippen LogP contribution is 2.17. The first kappa shape index (κ1) is 17.9. The molecule has 4 aromatic rings. The van der Waals surface area contributed by atoms with E-state index in [-0.39, 0.29) is 0 Å². The maximum atomic E-state index is 2.21. The molecule has 2 heterocycles. The van der Waals surface area contributed by atoms with Crippen LogP contribution < -0.4 is 9.13 Å². The maximum absolute atomic E-state index is 2.21. The van der Waals surface area contributed by atoms with Crippen molar-refractivity contribution in [3.8, 4) is 22.3 Å². The van der Waals surface area contributed by atoms with E-state index in [0.717, 1.165) is 13.1 Å². The average molecular weight is 364 g/mol. The molecule has 0 atom stereocenters. The van der Waals surface area contributed by atoms with Crippen molar-refractivity contribution in [1.29, 1.82) is 0 Å². The van der Waals surface area contributed by atoms with Crippen LogP contribution in [0.3, 0.4) is 0 Å². The first-order valence-electron chi connectivity index (χ1n) is 9.62. The molecule has 0 aliphatic carbocycles. The number of nitrogens with zero attached hydrogens (tertiary/aromatic N) is 2. The van der Waals surface area contributed by atoms with Crippen LogP contribution in [0.5, 0.6) is 0 Å². The van der Waals surface area contributed by atoms with Gasteiger partial charge in [0.1, 0.15) is 0 Å². The second-order valence-electron chi connectivity index (χ2n) is 6.77. The van der Waals surface area contributed by atoms with Gasteiger partial charge in [0.15, 0.2) is 37.9 Å².